The van der Waals surface area contributed by atoms with Crippen LogP contribution in [0.1, 0.15) is 6.42 Å². The zero-order valence-electron chi connectivity index (χ0n) is 8.19. The Morgan fingerprint density at radius 2 is 2.43 bits per heavy atom. The number of nitrogens with zero attached hydrogens (tertiary/aromatic N) is 1. The maximum Gasteiger partial charge on any atom is 0.179 e. The minimum absolute atomic E-state index is 0.00921. The molecule has 0 aromatic rings. The molecule has 0 aliphatic carbocycles. The number of rotatable bonds is 1. The summed E-state index contributed by atoms with van der Waals surface area (Å²) in [6.45, 7) is 1.01. The maximum atomic E-state index is 5.42. The monoisotopic (exact) mass is 216 g/mol. The van der Waals surface area contributed by atoms with Crippen molar-refractivity contribution in [2.24, 2.45) is 0 Å². The molecule has 3 saturated heterocycles. The van der Waals surface area contributed by atoms with E-state index >= 15 is 0 Å². The van der Waals surface area contributed by atoms with Gasteiger partial charge < -0.3 is 4.74 Å². The van der Waals surface area contributed by atoms with Gasteiger partial charge in [-0.25, -0.2) is 10.3 Å². The summed E-state index contributed by atoms with van der Waals surface area (Å²) in [6.07, 6.45) is 1.76. The Bertz CT molecular complexity index is 223. The minimum Gasteiger partial charge on any atom is -0.352 e. The zero-order chi connectivity index (χ0) is 9.54. The van der Waals surface area contributed by atoms with Crippen LogP contribution in [0.3, 0.4) is 0 Å². The van der Waals surface area contributed by atoms with Crippen LogP contribution in [0.15, 0.2) is 0 Å². The summed E-state index contributed by atoms with van der Waals surface area (Å²) in [5, 5.41) is 4.26. The summed E-state index contributed by atoms with van der Waals surface area (Å²) in [7, 11) is 1.75. The van der Waals surface area contributed by atoms with E-state index in [9.17, 15) is 0 Å². The molecule has 0 radical (unpaired) electrons. The average Bonchev–Trinajstić information content (AvgIpc) is 2.75. The van der Waals surface area contributed by atoms with Crippen molar-refractivity contribution >= 4 is 11.8 Å². The highest BCUT2D eigenvalue weighted by atomic mass is 32.2. The Hall–Kier alpha value is 0.150. The Kier molecular flexibility index (Phi) is 2.43. The van der Waals surface area contributed by atoms with E-state index in [0.717, 1.165) is 17.7 Å². The van der Waals surface area contributed by atoms with Crippen LogP contribution >= 0.6 is 11.8 Å². The summed E-state index contributed by atoms with van der Waals surface area (Å²) in [5.41, 5.74) is 6.35. The molecule has 3 fully saturated rings. The number of ether oxygens (including phenoxy) is 1. The van der Waals surface area contributed by atoms with Gasteiger partial charge in [0.2, 0.25) is 0 Å². The molecule has 0 aromatic carbocycles. The van der Waals surface area contributed by atoms with Crippen LogP contribution in [0.25, 0.3) is 0 Å². The number of fused-ring (bicyclic) bond motifs is 3. The molecular formula is C8H16N4OS. The Morgan fingerprint density at radius 3 is 3.29 bits per heavy atom. The van der Waals surface area contributed by atoms with E-state index in [1.807, 2.05) is 11.8 Å². The highest BCUT2D eigenvalue weighted by Gasteiger charge is 2.48. The third-order valence-electron chi connectivity index (χ3n) is 3.25. The van der Waals surface area contributed by atoms with Gasteiger partial charge in [0.1, 0.15) is 0 Å². The third-order valence-corrected chi connectivity index (χ3v) is 4.46. The number of hydrazine groups is 1. The lowest BCUT2D eigenvalue weighted by molar-refractivity contribution is -0.112. The van der Waals surface area contributed by atoms with Gasteiger partial charge in [0.05, 0.1) is 6.17 Å². The smallest absolute Gasteiger partial charge is 0.179 e. The Balaban J connectivity index is 1.81. The fourth-order valence-corrected chi connectivity index (χ4v) is 3.88. The van der Waals surface area contributed by atoms with Crippen LogP contribution in [0.2, 0.25) is 0 Å². The van der Waals surface area contributed by atoms with E-state index in [0.29, 0.717) is 12.2 Å². The lowest BCUT2D eigenvalue weighted by Crippen LogP contribution is -2.66. The van der Waals surface area contributed by atoms with Crippen LogP contribution in [0, 0.1) is 0 Å². The van der Waals surface area contributed by atoms with Crippen molar-refractivity contribution in [3.63, 3.8) is 0 Å². The number of hydrogen-bond donors (Lipinski definition) is 3. The maximum absolute atomic E-state index is 5.42. The lowest BCUT2D eigenvalue weighted by Gasteiger charge is -2.40. The van der Waals surface area contributed by atoms with Crippen molar-refractivity contribution in [3.05, 3.63) is 0 Å². The molecule has 0 amide bonds. The van der Waals surface area contributed by atoms with E-state index < -0.39 is 0 Å². The van der Waals surface area contributed by atoms with Gasteiger partial charge in [-0.3, -0.25) is 10.7 Å². The van der Waals surface area contributed by atoms with Crippen molar-refractivity contribution in [1.82, 2.24) is 21.1 Å². The second kappa shape index (κ2) is 3.62. The van der Waals surface area contributed by atoms with Crippen LogP contribution < -0.4 is 16.2 Å². The van der Waals surface area contributed by atoms with Crippen molar-refractivity contribution in [1.29, 1.82) is 0 Å². The summed E-state index contributed by atoms with van der Waals surface area (Å²) >= 11 is 2.03. The molecule has 3 aliphatic heterocycles. The lowest BCUT2D eigenvalue weighted by atomic mass is 10.2. The van der Waals surface area contributed by atoms with Crippen LogP contribution in [-0.2, 0) is 4.74 Å². The SMILES string of the molecule is COC1NNCC2CC3SCNC3N21. The Morgan fingerprint density at radius 1 is 1.50 bits per heavy atom. The number of nitrogens with one attached hydrogen (secondary N) is 3. The van der Waals surface area contributed by atoms with Crippen molar-refractivity contribution < 1.29 is 4.74 Å². The molecule has 3 rings (SSSR count). The largest absolute Gasteiger partial charge is 0.352 e. The molecule has 3 heterocycles. The van der Waals surface area contributed by atoms with E-state index in [-0.39, 0.29) is 6.35 Å². The first-order valence-corrected chi connectivity index (χ1v) is 6.08. The minimum atomic E-state index is 0.00921. The fraction of sp³-hybridized carbons (Fsp3) is 1.00. The van der Waals surface area contributed by atoms with Crippen molar-refractivity contribution in [2.45, 2.75) is 30.2 Å². The molecule has 0 aromatic heterocycles. The van der Waals surface area contributed by atoms with Crippen molar-refractivity contribution in [3.8, 4) is 0 Å². The fourth-order valence-electron chi connectivity index (χ4n) is 2.62. The standard InChI is InChI=1S/C8H16N4OS/c1-13-8-11-10-3-5-2-6-7(12(5)8)9-4-14-6/h5-11H,2-4H2,1H3. The van der Waals surface area contributed by atoms with Crippen LogP contribution in [0.4, 0.5) is 0 Å². The molecule has 0 saturated carbocycles. The number of hydrogen-bond acceptors (Lipinski definition) is 6. The second-order valence-corrected chi connectivity index (χ2v) is 5.18. The van der Waals surface area contributed by atoms with Crippen LogP contribution in [0.5, 0.6) is 0 Å². The topological polar surface area (TPSA) is 48.6 Å². The van der Waals surface area contributed by atoms with Gasteiger partial charge in [-0.15, -0.1) is 11.8 Å². The highest BCUT2D eigenvalue weighted by molar-refractivity contribution is 8.00. The van der Waals surface area contributed by atoms with Gasteiger partial charge in [0, 0.05) is 30.8 Å². The van der Waals surface area contributed by atoms with Gasteiger partial charge in [0.15, 0.2) is 6.35 Å². The zero-order valence-corrected chi connectivity index (χ0v) is 9.01. The van der Waals surface area contributed by atoms with E-state index in [2.05, 4.69) is 21.1 Å². The number of thioether (sulfide) groups is 1. The average molecular weight is 216 g/mol. The van der Waals surface area contributed by atoms with Crippen molar-refractivity contribution in [2.75, 3.05) is 19.5 Å². The molecule has 5 nitrogen and oxygen atoms in total. The summed E-state index contributed by atoms with van der Waals surface area (Å²) in [6, 6.07) is 0.608. The first-order chi connectivity index (χ1) is 6.90. The molecule has 4 unspecified atom stereocenters. The molecule has 3 N–H and O–H groups in total. The van der Waals surface area contributed by atoms with Gasteiger partial charge in [-0.05, 0) is 6.42 Å². The molecule has 3 aliphatic rings. The first-order valence-electron chi connectivity index (χ1n) is 5.04. The Labute approximate surface area is 87.9 Å². The van der Waals surface area contributed by atoms with Gasteiger partial charge >= 0.3 is 0 Å². The molecular weight excluding hydrogens is 200 g/mol. The summed E-state index contributed by atoms with van der Waals surface area (Å²) < 4.78 is 5.42. The molecule has 80 valence electrons. The van der Waals surface area contributed by atoms with Crippen LogP contribution in [-0.4, -0.2) is 48.2 Å². The quantitative estimate of drug-likeness (QED) is 0.527. The predicted octanol–water partition coefficient (Wildman–Crippen LogP) is -0.913. The molecule has 14 heavy (non-hydrogen) atoms. The predicted molar refractivity (Wildman–Crippen MR) is 55.3 cm³/mol. The first kappa shape index (κ1) is 9.38. The summed E-state index contributed by atoms with van der Waals surface area (Å²) in [5.74, 6) is 1.07. The van der Waals surface area contributed by atoms with Gasteiger partial charge in [-0.2, -0.15) is 0 Å². The van der Waals surface area contributed by atoms with E-state index in [4.69, 9.17) is 4.74 Å². The van der Waals surface area contributed by atoms with Gasteiger partial charge in [0.25, 0.3) is 0 Å². The number of methoxy groups -OCH3 is 1. The third kappa shape index (κ3) is 1.30. The van der Waals surface area contributed by atoms with E-state index in [1.165, 1.54) is 6.42 Å². The highest BCUT2D eigenvalue weighted by Crippen LogP contribution is 2.37. The molecule has 0 bridgehead atoms. The van der Waals surface area contributed by atoms with E-state index in [1.54, 1.807) is 7.11 Å². The molecule has 4 atom stereocenters. The van der Waals surface area contributed by atoms with Gasteiger partial charge in [-0.1, -0.05) is 0 Å². The molecule has 6 heteroatoms. The summed E-state index contributed by atoms with van der Waals surface area (Å²) in [4.78, 5) is 2.42. The normalized spacial score (nSPS) is 47.8. The second-order valence-electron chi connectivity index (χ2n) is 3.95. The molecule has 0 spiro atoms.